The van der Waals surface area contributed by atoms with Crippen molar-refractivity contribution < 1.29 is 4.79 Å². The number of carbonyl (C=O) groups excluding carboxylic acids is 1. The van der Waals surface area contributed by atoms with Crippen LogP contribution in [0.5, 0.6) is 0 Å². The van der Waals surface area contributed by atoms with Crippen molar-refractivity contribution in [3.05, 3.63) is 41.5 Å². The molecule has 80 valence electrons. The fourth-order valence-electron chi connectivity index (χ4n) is 1.52. The molecule has 0 aliphatic rings. The second-order valence-electron chi connectivity index (χ2n) is 4.12. The molecule has 0 aliphatic heterocycles. The first-order chi connectivity index (χ1) is 7.09. The Bertz CT molecular complexity index is 349. The lowest BCUT2D eigenvalue weighted by Gasteiger charge is -2.07. The lowest BCUT2D eigenvalue weighted by atomic mass is 9.97. The zero-order valence-corrected chi connectivity index (χ0v) is 9.66. The van der Waals surface area contributed by atoms with Crippen molar-refractivity contribution in [3.63, 3.8) is 0 Å². The average molecular weight is 202 g/mol. The predicted octanol–water partition coefficient (Wildman–Crippen LogP) is 3.71. The van der Waals surface area contributed by atoms with Gasteiger partial charge in [0.1, 0.15) is 5.78 Å². The number of Topliss-reactive ketones (excluding diaryl/α,β-unsaturated/α-hetero) is 1. The van der Waals surface area contributed by atoms with E-state index in [1.807, 2.05) is 25.1 Å². The topological polar surface area (TPSA) is 17.1 Å². The van der Waals surface area contributed by atoms with E-state index >= 15 is 0 Å². The Morgan fingerprint density at radius 2 is 1.87 bits per heavy atom. The van der Waals surface area contributed by atoms with E-state index in [1.54, 1.807) is 6.92 Å². The van der Waals surface area contributed by atoms with Gasteiger partial charge in [-0.15, -0.1) is 0 Å². The molecule has 1 heteroatoms. The van der Waals surface area contributed by atoms with Gasteiger partial charge in [-0.1, -0.05) is 48.9 Å². The van der Waals surface area contributed by atoms with Crippen LogP contribution in [0.1, 0.15) is 32.8 Å². The van der Waals surface area contributed by atoms with Crippen molar-refractivity contribution >= 4 is 11.9 Å². The summed E-state index contributed by atoms with van der Waals surface area (Å²) >= 11 is 0. The number of rotatable bonds is 4. The van der Waals surface area contributed by atoms with E-state index in [4.69, 9.17) is 0 Å². The minimum atomic E-state index is 0.130. The zero-order chi connectivity index (χ0) is 11.3. The van der Waals surface area contributed by atoms with Crippen LogP contribution in [0.4, 0.5) is 0 Å². The molecule has 0 spiro atoms. The van der Waals surface area contributed by atoms with Crippen LogP contribution in [-0.2, 0) is 4.79 Å². The monoisotopic (exact) mass is 202 g/mol. The van der Waals surface area contributed by atoms with E-state index in [-0.39, 0.29) is 11.7 Å². The van der Waals surface area contributed by atoms with Crippen molar-refractivity contribution in [3.8, 4) is 0 Å². The molecule has 0 amide bonds. The summed E-state index contributed by atoms with van der Waals surface area (Å²) in [7, 11) is 0. The summed E-state index contributed by atoms with van der Waals surface area (Å²) in [6.07, 6.45) is 2.99. The van der Waals surface area contributed by atoms with Crippen molar-refractivity contribution in [1.29, 1.82) is 0 Å². The van der Waals surface area contributed by atoms with E-state index in [2.05, 4.69) is 25.1 Å². The predicted molar refractivity (Wildman–Crippen MR) is 64.6 cm³/mol. The quantitative estimate of drug-likeness (QED) is 0.727. The molecule has 0 aromatic heterocycles. The standard InChI is InChI=1S/C14H18O/c1-11(9-12(2)13(3)15)10-14-7-5-4-6-8-14/h4-8,10,12H,9H2,1-3H3/b11-10+. The molecular formula is C14H18O. The molecular weight excluding hydrogens is 184 g/mol. The average Bonchev–Trinajstić information content (AvgIpc) is 2.18. The lowest BCUT2D eigenvalue weighted by molar-refractivity contribution is -0.120. The number of hydrogen-bond donors (Lipinski definition) is 0. The Kier molecular flexibility index (Phi) is 4.29. The third-order valence-electron chi connectivity index (χ3n) is 2.53. The molecule has 1 atom stereocenters. The summed E-state index contributed by atoms with van der Waals surface area (Å²) < 4.78 is 0. The maximum absolute atomic E-state index is 11.1. The fraction of sp³-hybridized carbons (Fsp3) is 0.357. The van der Waals surface area contributed by atoms with Crippen LogP contribution >= 0.6 is 0 Å². The summed E-state index contributed by atoms with van der Waals surface area (Å²) in [5.41, 5.74) is 2.45. The molecule has 0 radical (unpaired) electrons. The van der Waals surface area contributed by atoms with Gasteiger partial charge >= 0.3 is 0 Å². The van der Waals surface area contributed by atoms with Crippen LogP contribution in [0.3, 0.4) is 0 Å². The highest BCUT2D eigenvalue weighted by Crippen LogP contribution is 2.15. The van der Waals surface area contributed by atoms with Crippen LogP contribution in [0.2, 0.25) is 0 Å². The van der Waals surface area contributed by atoms with Gasteiger partial charge < -0.3 is 0 Å². The van der Waals surface area contributed by atoms with Gasteiger partial charge in [0.15, 0.2) is 0 Å². The second kappa shape index (κ2) is 5.50. The maximum atomic E-state index is 11.1. The summed E-state index contributed by atoms with van der Waals surface area (Å²) in [5.74, 6) is 0.390. The first-order valence-electron chi connectivity index (χ1n) is 5.32. The van der Waals surface area contributed by atoms with Gasteiger partial charge in [0, 0.05) is 5.92 Å². The van der Waals surface area contributed by atoms with Crippen molar-refractivity contribution in [1.82, 2.24) is 0 Å². The smallest absolute Gasteiger partial charge is 0.132 e. The molecule has 0 saturated heterocycles. The van der Waals surface area contributed by atoms with Gasteiger partial charge in [-0.25, -0.2) is 0 Å². The summed E-state index contributed by atoms with van der Waals surface area (Å²) in [5, 5.41) is 0. The molecule has 1 aromatic carbocycles. The summed E-state index contributed by atoms with van der Waals surface area (Å²) in [4.78, 5) is 11.1. The van der Waals surface area contributed by atoms with E-state index < -0.39 is 0 Å². The Hall–Kier alpha value is -1.37. The highest BCUT2D eigenvalue weighted by molar-refractivity contribution is 5.78. The molecule has 0 fully saturated rings. The zero-order valence-electron chi connectivity index (χ0n) is 9.66. The van der Waals surface area contributed by atoms with Crippen molar-refractivity contribution in [2.24, 2.45) is 5.92 Å². The molecule has 1 nitrogen and oxygen atoms in total. The van der Waals surface area contributed by atoms with Gasteiger partial charge in [-0.2, -0.15) is 0 Å². The highest BCUT2D eigenvalue weighted by Gasteiger charge is 2.07. The maximum Gasteiger partial charge on any atom is 0.132 e. The highest BCUT2D eigenvalue weighted by atomic mass is 16.1. The van der Waals surface area contributed by atoms with Crippen LogP contribution < -0.4 is 0 Å². The third-order valence-corrected chi connectivity index (χ3v) is 2.53. The molecule has 0 heterocycles. The van der Waals surface area contributed by atoms with Crippen LogP contribution in [0, 0.1) is 5.92 Å². The van der Waals surface area contributed by atoms with E-state index in [9.17, 15) is 4.79 Å². The Labute approximate surface area is 91.8 Å². The normalized spacial score (nSPS) is 13.7. The van der Waals surface area contributed by atoms with E-state index in [0.29, 0.717) is 0 Å². The lowest BCUT2D eigenvalue weighted by Crippen LogP contribution is -2.06. The molecule has 1 unspecified atom stereocenters. The van der Waals surface area contributed by atoms with Gasteiger partial charge in [-0.05, 0) is 25.8 Å². The number of hydrogen-bond acceptors (Lipinski definition) is 1. The van der Waals surface area contributed by atoms with Gasteiger partial charge in [0.05, 0.1) is 0 Å². The first kappa shape index (κ1) is 11.7. The van der Waals surface area contributed by atoms with E-state index in [0.717, 1.165) is 6.42 Å². The Morgan fingerprint density at radius 1 is 1.27 bits per heavy atom. The molecule has 1 rings (SSSR count). The number of allylic oxidation sites excluding steroid dienone is 1. The van der Waals surface area contributed by atoms with Gasteiger partial charge in [0.25, 0.3) is 0 Å². The first-order valence-corrected chi connectivity index (χ1v) is 5.32. The van der Waals surface area contributed by atoms with Crippen LogP contribution in [0.25, 0.3) is 6.08 Å². The molecule has 15 heavy (non-hydrogen) atoms. The third kappa shape index (κ3) is 4.11. The SMILES string of the molecule is CC(=O)C(C)C/C(C)=C/c1ccccc1. The Balaban J connectivity index is 2.65. The minimum Gasteiger partial charge on any atom is -0.300 e. The van der Waals surface area contributed by atoms with Crippen LogP contribution in [-0.4, -0.2) is 5.78 Å². The summed E-state index contributed by atoms with van der Waals surface area (Å²) in [6, 6.07) is 10.2. The molecule has 0 bridgehead atoms. The van der Waals surface area contributed by atoms with Crippen LogP contribution in [0.15, 0.2) is 35.9 Å². The number of benzene rings is 1. The Morgan fingerprint density at radius 3 is 2.40 bits per heavy atom. The largest absolute Gasteiger partial charge is 0.300 e. The van der Waals surface area contributed by atoms with Gasteiger partial charge in [-0.3, -0.25) is 4.79 Å². The second-order valence-corrected chi connectivity index (χ2v) is 4.12. The summed E-state index contributed by atoms with van der Waals surface area (Å²) in [6.45, 7) is 5.71. The molecule has 0 aliphatic carbocycles. The number of carbonyl (C=O) groups is 1. The fourth-order valence-corrected chi connectivity index (χ4v) is 1.52. The van der Waals surface area contributed by atoms with Crippen molar-refractivity contribution in [2.45, 2.75) is 27.2 Å². The van der Waals surface area contributed by atoms with E-state index in [1.165, 1.54) is 11.1 Å². The number of ketones is 1. The van der Waals surface area contributed by atoms with Crippen molar-refractivity contribution in [2.75, 3.05) is 0 Å². The van der Waals surface area contributed by atoms with Gasteiger partial charge in [0.2, 0.25) is 0 Å². The molecule has 0 saturated carbocycles. The molecule has 1 aromatic rings. The minimum absolute atomic E-state index is 0.130. The molecule has 0 N–H and O–H groups in total.